The maximum Gasteiger partial charge on any atom is 0.271 e. The number of carbonyl (C=O) groups excluding carboxylic acids is 3. The third-order valence-corrected chi connectivity index (χ3v) is 6.60. The third-order valence-electron chi connectivity index (χ3n) is 6.05. The summed E-state index contributed by atoms with van der Waals surface area (Å²) >= 11 is 11.9. The van der Waals surface area contributed by atoms with Gasteiger partial charge in [0.05, 0.1) is 22.4 Å². The van der Waals surface area contributed by atoms with E-state index in [4.69, 9.17) is 23.2 Å². The van der Waals surface area contributed by atoms with Gasteiger partial charge in [-0.15, -0.1) is 0 Å². The van der Waals surface area contributed by atoms with Crippen LogP contribution in [0.2, 0.25) is 10.0 Å². The van der Waals surface area contributed by atoms with E-state index in [9.17, 15) is 14.4 Å². The van der Waals surface area contributed by atoms with Crippen molar-refractivity contribution in [3.05, 3.63) is 46.0 Å². The first-order chi connectivity index (χ1) is 12.0. The van der Waals surface area contributed by atoms with Gasteiger partial charge in [-0.2, -0.15) is 5.01 Å². The minimum Gasteiger partial charge on any atom is -0.272 e. The van der Waals surface area contributed by atoms with Crippen molar-refractivity contribution in [3.63, 3.8) is 0 Å². The van der Waals surface area contributed by atoms with Crippen LogP contribution < -0.4 is 5.43 Å². The highest BCUT2D eigenvalue weighted by molar-refractivity contribution is 6.36. The van der Waals surface area contributed by atoms with E-state index >= 15 is 0 Å². The van der Waals surface area contributed by atoms with Gasteiger partial charge in [-0.25, -0.2) is 0 Å². The minimum absolute atomic E-state index is 0.123. The summed E-state index contributed by atoms with van der Waals surface area (Å²) in [4.78, 5) is 38.1. The molecular formula is C18H14Cl2N2O3. The first-order valence-electron chi connectivity index (χ1n) is 8.29. The molecule has 1 N–H and O–H groups in total. The smallest absolute Gasteiger partial charge is 0.271 e. The lowest BCUT2D eigenvalue weighted by molar-refractivity contribution is -0.143. The Hall–Kier alpha value is -1.85. The fraction of sp³-hybridized carbons (Fsp3) is 0.389. The molecule has 5 aliphatic rings. The van der Waals surface area contributed by atoms with Crippen molar-refractivity contribution in [1.29, 1.82) is 0 Å². The molecule has 4 aliphatic carbocycles. The van der Waals surface area contributed by atoms with Gasteiger partial charge in [0.25, 0.3) is 17.7 Å². The molecule has 3 amide bonds. The van der Waals surface area contributed by atoms with Gasteiger partial charge in [-0.05, 0) is 48.3 Å². The lowest BCUT2D eigenvalue weighted by Gasteiger charge is -2.37. The van der Waals surface area contributed by atoms with Gasteiger partial charge in [0.1, 0.15) is 0 Å². The molecule has 2 bridgehead atoms. The largest absolute Gasteiger partial charge is 0.272 e. The zero-order valence-electron chi connectivity index (χ0n) is 13.0. The summed E-state index contributed by atoms with van der Waals surface area (Å²) in [6.07, 6.45) is 5.28. The number of allylic oxidation sites excluding steroid dienone is 2. The molecule has 0 radical (unpaired) electrons. The van der Waals surface area contributed by atoms with Crippen molar-refractivity contribution in [1.82, 2.24) is 10.4 Å². The van der Waals surface area contributed by atoms with Crippen molar-refractivity contribution < 1.29 is 14.4 Å². The quantitative estimate of drug-likeness (QED) is 0.637. The molecule has 5 nitrogen and oxygen atoms in total. The summed E-state index contributed by atoms with van der Waals surface area (Å²) in [5.41, 5.74) is 2.62. The fourth-order valence-electron chi connectivity index (χ4n) is 4.90. The molecule has 0 aromatic heterocycles. The van der Waals surface area contributed by atoms with E-state index in [1.165, 1.54) is 18.2 Å². The van der Waals surface area contributed by atoms with Gasteiger partial charge >= 0.3 is 0 Å². The number of carbonyl (C=O) groups is 3. The van der Waals surface area contributed by atoms with Crippen LogP contribution >= 0.6 is 23.2 Å². The standard InChI is InChI=1S/C18H14Cl2N2O3/c19-7-1-2-10(13(20)5-7)16(23)21-22-17(24)14-8-3-4-9(12-6-11(8)12)15(14)18(22)25/h1-5,8-9,11-12,14-15H,6H2,(H,21,23)/t8-,9+,11-,12-,14+,15-/m1/s1. The van der Waals surface area contributed by atoms with E-state index < -0.39 is 5.91 Å². The lowest BCUT2D eigenvalue weighted by atomic mass is 9.63. The summed E-state index contributed by atoms with van der Waals surface area (Å²) in [6.45, 7) is 0. The normalized spacial score (nSPS) is 37.1. The first-order valence-corrected chi connectivity index (χ1v) is 9.05. The number of halogens is 2. The van der Waals surface area contributed by atoms with Crippen molar-refractivity contribution in [3.8, 4) is 0 Å². The molecule has 1 aromatic carbocycles. The highest BCUT2D eigenvalue weighted by atomic mass is 35.5. The zero-order chi connectivity index (χ0) is 17.5. The number of hydrazine groups is 1. The van der Waals surface area contributed by atoms with E-state index in [1.54, 1.807) is 0 Å². The van der Waals surface area contributed by atoms with Gasteiger partial charge in [-0.1, -0.05) is 35.4 Å². The Morgan fingerprint density at radius 1 is 1.04 bits per heavy atom. The maximum atomic E-state index is 12.8. The average Bonchev–Trinajstić information content (AvgIpc) is 3.36. The topological polar surface area (TPSA) is 66.5 Å². The van der Waals surface area contributed by atoms with Crippen molar-refractivity contribution >= 4 is 40.9 Å². The molecule has 128 valence electrons. The van der Waals surface area contributed by atoms with Crippen LogP contribution in [-0.2, 0) is 9.59 Å². The van der Waals surface area contributed by atoms with Crippen LogP contribution in [0, 0.1) is 35.5 Å². The number of hydrogen-bond donors (Lipinski definition) is 1. The number of nitrogens with one attached hydrogen (secondary N) is 1. The van der Waals surface area contributed by atoms with Crippen LogP contribution in [0.15, 0.2) is 30.4 Å². The van der Waals surface area contributed by atoms with E-state index in [-0.39, 0.29) is 46.1 Å². The first kappa shape index (κ1) is 15.4. The summed E-state index contributed by atoms with van der Waals surface area (Å²) in [7, 11) is 0. The molecule has 6 rings (SSSR count). The van der Waals surface area contributed by atoms with Crippen LogP contribution in [0.1, 0.15) is 16.8 Å². The summed E-state index contributed by atoms with van der Waals surface area (Å²) in [5.74, 6) is -0.595. The Bertz CT molecular complexity index is 832. The number of hydrogen-bond acceptors (Lipinski definition) is 3. The predicted molar refractivity (Wildman–Crippen MR) is 90.5 cm³/mol. The summed E-state index contributed by atoms with van der Waals surface area (Å²) in [6, 6.07) is 4.45. The van der Waals surface area contributed by atoms with Crippen LogP contribution in [0.25, 0.3) is 0 Å². The van der Waals surface area contributed by atoms with E-state index in [0.29, 0.717) is 16.9 Å². The Balaban J connectivity index is 1.42. The van der Waals surface area contributed by atoms with Crippen molar-refractivity contribution in [2.24, 2.45) is 35.5 Å². The van der Waals surface area contributed by atoms with Crippen molar-refractivity contribution in [2.45, 2.75) is 6.42 Å². The summed E-state index contributed by atoms with van der Waals surface area (Å²) < 4.78 is 0. The Morgan fingerprint density at radius 3 is 2.20 bits per heavy atom. The van der Waals surface area contributed by atoms with Gasteiger partial charge in [0.2, 0.25) is 0 Å². The van der Waals surface area contributed by atoms with Gasteiger partial charge in [0, 0.05) is 5.02 Å². The monoisotopic (exact) mass is 376 g/mol. The molecule has 1 aromatic rings. The molecule has 1 heterocycles. The Kier molecular flexibility index (Phi) is 3.13. The number of imide groups is 1. The van der Waals surface area contributed by atoms with Crippen molar-refractivity contribution in [2.75, 3.05) is 0 Å². The third kappa shape index (κ3) is 2.06. The Morgan fingerprint density at radius 2 is 1.64 bits per heavy atom. The van der Waals surface area contributed by atoms with Crippen LogP contribution in [0.3, 0.4) is 0 Å². The zero-order valence-corrected chi connectivity index (χ0v) is 14.5. The molecule has 1 saturated heterocycles. The second-order valence-corrected chi connectivity index (χ2v) is 8.08. The van der Waals surface area contributed by atoms with E-state index in [1.807, 2.05) is 0 Å². The molecular weight excluding hydrogens is 363 g/mol. The van der Waals surface area contributed by atoms with Gasteiger partial charge in [-0.3, -0.25) is 19.8 Å². The predicted octanol–water partition coefficient (Wildman–Crippen LogP) is 2.69. The Labute approximate surface area is 153 Å². The van der Waals surface area contributed by atoms with E-state index in [2.05, 4.69) is 17.6 Å². The minimum atomic E-state index is -0.590. The average molecular weight is 377 g/mol. The van der Waals surface area contributed by atoms with Gasteiger partial charge < -0.3 is 0 Å². The molecule has 3 fully saturated rings. The second kappa shape index (κ2) is 5.08. The molecule has 1 aliphatic heterocycles. The SMILES string of the molecule is O=C(NN1C(=O)[C@@H]2[C@H]3C=C[C@H]([C@H]4C[C@H]34)[C@@H]2C1=O)c1ccc(Cl)cc1Cl. The highest BCUT2D eigenvalue weighted by Crippen LogP contribution is 2.65. The van der Waals surface area contributed by atoms with E-state index in [0.717, 1.165) is 11.4 Å². The fourth-order valence-corrected chi connectivity index (χ4v) is 5.40. The number of rotatable bonds is 2. The lowest BCUT2D eigenvalue weighted by Crippen LogP contribution is -2.47. The van der Waals surface area contributed by atoms with Crippen LogP contribution in [-0.4, -0.2) is 22.7 Å². The second-order valence-electron chi connectivity index (χ2n) is 7.23. The maximum absolute atomic E-state index is 12.8. The summed E-state index contributed by atoms with van der Waals surface area (Å²) in [5, 5.41) is 1.48. The number of nitrogens with zero attached hydrogens (tertiary/aromatic N) is 1. The molecule has 0 unspecified atom stereocenters. The highest BCUT2D eigenvalue weighted by Gasteiger charge is 2.67. The van der Waals surface area contributed by atoms with Gasteiger partial charge in [0.15, 0.2) is 0 Å². The molecule has 0 spiro atoms. The number of amides is 3. The molecule has 25 heavy (non-hydrogen) atoms. The molecule has 6 atom stereocenters. The van der Waals surface area contributed by atoms with Crippen LogP contribution in [0.5, 0.6) is 0 Å². The molecule has 7 heteroatoms. The number of benzene rings is 1. The van der Waals surface area contributed by atoms with Crippen LogP contribution in [0.4, 0.5) is 0 Å². The molecule has 2 saturated carbocycles.